The normalized spacial score (nSPS) is 9.82. The number of hydrogen-bond donors (Lipinski definition) is 0. The van der Waals surface area contributed by atoms with Gasteiger partial charge in [-0.25, -0.2) is 0 Å². The van der Waals surface area contributed by atoms with Gasteiger partial charge in [0.1, 0.15) is 0 Å². The van der Waals surface area contributed by atoms with Gasteiger partial charge in [0, 0.05) is 0 Å². The van der Waals surface area contributed by atoms with Crippen molar-refractivity contribution in [3.63, 3.8) is 0 Å². The van der Waals surface area contributed by atoms with Gasteiger partial charge < -0.3 is 0 Å². The first-order chi connectivity index (χ1) is 5.47. The second kappa shape index (κ2) is 3.21. The van der Waals surface area contributed by atoms with Gasteiger partial charge in [0.05, 0.1) is 0 Å². The van der Waals surface area contributed by atoms with Gasteiger partial charge in [-0.2, -0.15) is 0 Å². The average molecular weight is 257 g/mol. The molecule has 11 heavy (non-hydrogen) atoms. The molecule has 0 aliphatic rings. The van der Waals surface area contributed by atoms with E-state index in [-0.39, 0.29) is 20.7 Å². The van der Waals surface area contributed by atoms with Gasteiger partial charge in [0.25, 0.3) is 0 Å². The third-order valence-corrected chi connectivity index (χ3v) is 3.77. The van der Waals surface area contributed by atoms with E-state index < -0.39 is 0 Å². The zero-order valence-corrected chi connectivity index (χ0v) is 8.23. The molecule has 0 amide bonds. The number of rotatable bonds is 1. The fraction of sp³-hybridized carbons (Fsp3) is 0. The van der Waals surface area contributed by atoms with Crippen molar-refractivity contribution in [2.75, 3.05) is 0 Å². The molecule has 1 nitrogen and oxygen atoms in total. The van der Waals surface area contributed by atoms with Crippen LogP contribution in [0.25, 0.3) is 9.14 Å². The molecule has 0 radical (unpaired) electrons. The van der Waals surface area contributed by atoms with Gasteiger partial charge in [-0.1, -0.05) is 0 Å². The van der Waals surface area contributed by atoms with Crippen LogP contribution >= 0.6 is 0 Å². The molecule has 0 spiro atoms. The Labute approximate surface area is 75.7 Å². The van der Waals surface area contributed by atoms with Crippen LogP contribution < -0.4 is 0 Å². The van der Waals surface area contributed by atoms with E-state index in [1.165, 1.54) is 9.14 Å². The first-order valence-electron chi connectivity index (χ1n) is 3.43. The van der Waals surface area contributed by atoms with Crippen LogP contribution in [0.2, 0.25) is 0 Å². The molecule has 0 fully saturated rings. The molecule has 2 rings (SSSR count). The van der Waals surface area contributed by atoms with Gasteiger partial charge in [-0.3, -0.25) is 0 Å². The van der Waals surface area contributed by atoms with Gasteiger partial charge in [0.2, 0.25) is 0 Å². The number of nitrogens with zero attached hydrogens (tertiary/aromatic N) is 1. The minimum absolute atomic E-state index is 0.237. The third kappa shape index (κ3) is 1.53. The zero-order chi connectivity index (χ0) is 7.52. The predicted octanol–water partition coefficient (Wildman–Crippen LogP) is 1.81. The summed E-state index contributed by atoms with van der Waals surface area (Å²) in [6, 6.07) is 12.6. The van der Waals surface area contributed by atoms with Gasteiger partial charge in [-0.15, -0.1) is 0 Å². The van der Waals surface area contributed by atoms with E-state index in [9.17, 15) is 0 Å². The van der Waals surface area contributed by atoms with Crippen molar-refractivity contribution in [1.82, 2.24) is 3.21 Å². The van der Waals surface area contributed by atoms with Crippen molar-refractivity contribution in [1.29, 1.82) is 0 Å². The molecule has 0 unspecified atom stereocenters. The Kier molecular flexibility index (Phi) is 2.07. The average Bonchev–Trinajstić information content (AvgIpc) is 2.58. The second-order valence-electron chi connectivity index (χ2n) is 2.24. The van der Waals surface area contributed by atoms with E-state index in [4.69, 9.17) is 0 Å². The molecule has 0 bridgehead atoms. The summed E-state index contributed by atoms with van der Waals surface area (Å²) in [4.78, 5) is 0. The van der Waals surface area contributed by atoms with Crippen LogP contribution in [0.15, 0.2) is 42.6 Å². The number of aromatic nitrogens is 1. The standard InChI is InChI=1S/C9H7NTe/c1-2-4-8(5-3-1)9-6-7-10-11-9/h1-7H. The monoisotopic (exact) mass is 259 g/mol. The molecular weight excluding hydrogens is 250 g/mol. The van der Waals surface area contributed by atoms with E-state index in [0.29, 0.717) is 0 Å². The molecule has 1 aromatic heterocycles. The van der Waals surface area contributed by atoms with E-state index in [1.54, 1.807) is 0 Å². The van der Waals surface area contributed by atoms with E-state index >= 15 is 0 Å². The Morgan fingerprint density at radius 3 is 2.45 bits per heavy atom. The van der Waals surface area contributed by atoms with Gasteiger partial charge in [-0.05, 0) is 0 Å². The number of benzene rings is 1. The molecule has 0 aliphatic heterocycles. The molecular formula is C9H7NTe. The molecule has 0 saturated heterocycles. The third-order valence-electron chi connectivity index (χ3n) is 1.50. The van der Waals surface area contributed by atoms with Crippen molar-refractivity contribution < 1.29 is 0 Å². The van der Waals surface area contributed by atoms with Crippen molar-refractivity contribution in [2.24, 2.45) is 0 Å². The van der Waals surface area contributed by atoms with E-state index in [1.807, 2.05) is 12.3 Å². The Balaban J connectivity index is 2.46. The van der Waals surface area contributed by atoms with Crippen LogP contribution in [0.1, 0.15) is 0 Å². The van der Waals surface area contributed by atoms with Crippen LogP contribution in [-0.2, 0) is 0 Å². The summed E-state index contributed by atoms with van der Waals surface area (Å²) in [7, 11) is 0. The fourth-order valence-electron chi connectivity index (χ4n) is 0.967. The summed E-state index contributed by atoms with van der Waals surface area (Å²) in [6.07, 6.45) is 1.92. The minimum atomic E-state index is -0.237. The van der Waals surface area contributed by atoms with Crippen LogP contribution in [0.4, 0.5) is 0 Å². The SMILES string of the molecule is c1ccc(-c2ccn[te]2)cc1. The molecule has 1 aromatic carbocycles. The van der Waals surface area contributed by atoms with Crippen molar-refractivity contribution >= 4 is 20.7 Å². The summed E-state index contributed by atoms with van der Waals surface area (Å²) in [6.45, 7) is 0. The fourth-order valence-corrected chi connectivity index (χ4v) is 2.68. The van der Waals surface area contributed by atoms with Crippen LogP contribution in [0, 0.1) is 0 Å². The summed E-state index contributed by atoms with van der Waals surface area (Å²) in [5, 5.41) is 0. The van der Waals surface area contributed by atoms with Crippen LogP contribution in [0.5, 0.6) is 0 Å². The van der Waals surface area contributed by atoms with Crippen molar-refractivity contribution in [2.45, 2.75) is 0 Å². The Bertz CT molecular complexity index is 313. The first-order valence-corrected chi connectivity index (χ1v) is 5.63. The summed E-state index contributed by atoms with van der Waals surface area (Å²) in [5.41, 5.74) is 1.34. The molecule has 54 valence electrons. The van der Waals surface area contributed by atoms with Crippen LogP contribution in [0.3, 0.4) is 0 Å². The molecule has 0 N–H and O–H groups in total. The molecule has 2 aromatic rings. The quantitative estimate of drug-likeness (QED) is 0.710. The summed E-state index contributed by atoms with van der Waals surface area (Å²) < 4.78 is 5.69. The Hall–Kier alpha value is -0.580. The maximum atomic E-state index is 4.25. The molecule has 1 heterocycles. The topological polar surface area (TPSA) is 12.9 Å². The first kappa shape index (κ1) is 7.09. The zero-order valence-electron chi connectivity index (χ0n) is 5.90. The van der Waals surface area contributed by atoms with Crippen LogP contribution in [-0.4, -0.2) is 23.9 Å². The maximum absolute atomic E-state index is 4.25. The molecule has 0 atom stereocenters. The van der Waals surface area contributed by atoms with Gasteiger partial charge >= 0.3 is 75.7 Å². The summed E-state index contributed by atoms with van der Waals surface area (Å²) >= 11 is -0.237. The van der Waals surface area contributed by atoms with Crippen molar-refractivity contribution in [3.8, 4) is 9.14 Å². The van der Waals surface area contributed by atoms with E-state index in [2.05, 4.69) is 33.5 Å². The Morgan fingerprint density at radius 1 is 1.00 bits per heavy atom. The number of hydrogen-bond acceptors (Lipinski definition) is 1. The molecule has 2 heteroatoms. The molecule has 0 aliphatic carbocycles. The van der Waals surface area contributed by atoms with Crippen molar-refractivity contribution in [3.05, 3.63) is 42.6 Å². The van der Waals surface area contributed by atoms with E-state index in [0.717, 1.165) is 0 Å². The second-order valence-corrected chi connectivity index (χ2v) is 4.62. The molecule has 0 saturated carbocycles. The predicted molar refractivity (Wildman–Crippen MR) is 46.6 cm³/mol. The summed E-state index contributed by atoms with van der Waals surface area (Å²) in [5.74, 6) is 0. The Morgan fingerprint density at radius 2 is 1.82 bits per heavy atom. The van der Waals surface area contributed by atoms with Gasteiger partial charge in [0.15, 0.2) is 0 Å².